The molecule has 6 heteroatoms. The van der Waals surface area contributed by atoms with Crippen LogP contribution in [-0.2, 0) is 10.0 Å². The first kappa shape index (κ1) is 14.5. The minimum Gasteiger partial charge on any atom is -0.207 e. The van der Waals surface area contributed by atoms with Gasteiger partial charge in [-0.15, -0.1) is 0 Å². The van der Waals surface area contributed by atoms with Crippen molar-refractivity contribution in [1.29, 1.82) is 0 Å². The van der Waals surface area contributed by atoms with Gasteiger partial charge in [-0.25, -0.2) is 13.1 Å². The third-order valence-electron chi connectivity index (χ3n) is 3.31. The number of hydrogen-bond donors (Lipinski definition) is 1. The molecule has 1 aromatic carbocycles. The summed E-state index contributed by atoms with van der Waals surface area (Å²) in [5.41, 5.74) is 1.06. The van der Waals surface area contributed by atoms with Crippen molar-refractivity contribution >= 4 is 41.9 Å². The molecule has 1 aliphatic rings. The highest BCUT2D eigenvalue weighted by atomic mass is 79.9. The van der Waals surface area contributed by atoms with E-state index < -0.39 is 10.0 Å². The molecule has 3 nitrogen and oxygen atoms in total. The number of rotatable bonds is 3. The predicted molar refractivity (Wildman–Crippen MR) is 79.1 cm³/mol. The highest BCUT2D eigenvalue weighted by molar-refractivity contribution is 9.11. The number of halogens is 2. The van der Waals surface area contributed by atoms with Crippen LogP contribution in [0.3, 0.4) is 0 Å². The Balaban J connectivity index is 2.33. The Labute approximate surface area is 125 Å². The van der Waals surface area contributed by atoms with Crippen LogP contribution < -0.4 is 4.72 Å². The van der Waals surface area contributed by atoms with Gasteiger partial charge in [-0.3, -0.25) is 0 Å². The first-order valence-corrected chi connectivity index (χ1v) is 8.68. The van der Waals surface area contributed by atoms with Gasteiger partial charge in [0.2, 0.25) is 10.0 Å². The fourth-order valence-electron chi connectivity index (χ4n) is 1.75. The second kappa shape index (κ2) is 4.58. The molecule has 100 valence electrons. The first-order chi connectivity index (χ1) is 8.13. The van der Waals surface area contributed by atoms with E-state index in [9.17, 15) is 8.42 Å². The summed E-state index contributed by atoms with van der Waals surface area (Å²) in [6, 6.07) is 3.47. The molecule has 0 heterocycles. The Morgan fingerprint density at radius 2 is 1.83 bits per heavy atom. The van der Waals surface area contributed by atoms with Gasteiger partial charge in [0.05, 0.1) is 4.90 Å². The molecule has 2 rings (SSSR count). The van der Waals surface area contributed by atoms with Crippen molar-refractivity contribution in [2.75, 3.05) is 0 Å². The molecule has 0 aromatic heterocycles. The van der Waals surface area contributed by atoms with Crippen LogP contribution in [-0.4, -0.2) is 14.5 Å². The summed E-state index contributed by atoms with van der Waals surface area (Å²) in [5.74, 6) is 0. The molecule has 1 fully saturated rings. The van der Waals surface area contributed by atoms with Crippen LogP contribution in [0.2, 0.25) is 0 Å². The van der Waals surface area contributed by atoms with Gasteiger partial charge in [0.25, 0.3) is 0 Å². The zero-order valence-corrected chi connectivity index (χ0v) is 14.4. The van der Waals surface area contributed by atoms with Crippen molar-refractivity contribution in [1.82, 2.24) is 4.72 Å². The van der Waals surface area contributed by atoms with Crippen LogP contribution in [0.1, 0.15) is 25.8 Å². The minimum atomic E-state index is -3.46. The van der Waals surface area contributed by atoms with Crippen LogP contribution in [0.25, 0.3) is 0 Å². The number of aryl methyl sites for hydroxylation is 1. The highest BCUT2D eigenvalue weighted by Gasteiger charge is 2.48. The van der Waals surface area contributed by atoms with E-state index in [1.54, 1.807) is 12.1 Å². The smallest absolute Gasteiger partial charge is 0.207 e. The number of benzene rings is 1. The molecule has 1 saturated carbocycles. The average Bonchev–Trinajstić information content (AvgIpc) is 2.78. The van der Waals surface area contributed by atoms with Crippen molar-refractivity contribution in [2.45, 2.75) is 38.1 Å². The lowest BCUT2D eigenvalue weighted by Gasteiger charge is -2.11. The Morgan fingerprint density at radius 3 is 2.33 bits per heavy atom. The van der Waals surface area contributed by atoms with Crippen molar-refractivity contribution in [2.24, 2.45) is 5.41 Å². The summed E-state index contributed by atoms with van der Waals surface area (Å²) in [4.78, 5) is 0.280. The van der Waals surface area contributed by atoms with E-state index in [0.29, 0.717) is 4.47 Å². The van der Waals surface area contributed by atoms with E-state index in [-0.39, 0.29) is 16.4 Å². The summed E-state index contributed by atoms with van der Waals surface area (Å²) in [6.45, 7) is 6.03. The quantitative estimate of drug-likeness (QED) is 0.848. The lowest BCUT2D eigenvalue weighted by Crippen LogP contribution is -2.28. The predicted octanol–water partition coefficient (Wildman–Crippen LogP) is 3.60. The SMILES string of the molecule is Cc1cc(Br)c(S(=O)(=O)NC2CC2(C)C)cc1Br. The average molecular weight is 397 g/mol. The van der Waals surface area contributed by atoms with Gasteiger partial charge in [-0.1, -0.05) is 29.8 Å². The van der Waals surface area contributed by atoms with Crippen LogP contribution in [0.15, 0.2) is 26.0 Å². The number of nitrogens with one attached hydrogen (secondary N) is 1. The Morgan fingerprint density at radius 1 is 1.28 bits per heavy atom. The summed E-state index contributed by atoms with van der Waals surface area (Å²) in [5, 5.41) is 0. The van der Waals surface area contributed by atoms with Crippen molar-refractivity contribution in [3.8, 4) is 0 Å². The Hall–Kier alpha value is 0.0900. The molecule has 1 atom stereocenters. The van der Waals surface area contributed by atoms with E-state index in [1.165, 1.54) is 0 Å². The molecule has 0 radical (unpaired) electrons. The van der Waals surface area contributed by atoms with Gasteiger partial charge in [0.1, 0.15) is 0 Å². The molecule has 1 unspecified atom stereocenters. The third-order valence-corrected chi connectivity index (χ3v) is 6.60. The molecule has 0 saturated heterocycles. The van der Waals surface area contributed by atoms with Crippen LogP contribution in [0, 0.1) is 12.3 Å². The van der Waals surface area contributed by atoms with Crippen LogP contribution in [0.4, 0.5) is 0 Å². The van der Waals surface area contributed by atoms with E-state index in [1.807, 2.05) is 6.92 Å². The zero-order valence-electron chi connectivity index (χ0n) is 10.4. The minimum absolute atomic E-state index is 0.0366. The van der Waals surface area contributed by atoms with Crippen molar-refractivity contribution in [3.05, 3.63) is 26.6 Å². The number of sulfonamides is 1. The van der Waals surface area contributed by atoms with E-state index in [4.69, 9.17) is 0 Å². The lowest BCUT2D eigenvalue weighted by atomic mass is 10.2. The molecule has 1 aromatic rings. The monoisotopic (exact) mass is 395 g/mol. The summed E-state index contributed by atoms with van der Waals surface area (Å²) < 4.78 is 28.7. The van der Waals surface area contributed by atoms with Crippen molar-refractivity contribution < 1.29 is 8.42 Å². The van der Waals surface area contributed by atoms with Crippen LogP contribution >= 0.6 is 31.9 Å². The van der Waals surface area contributed by atoms with E-state index in [2.05, 4.69) is 50.4 Å². The first-order valence-electron chi connectivity index (χ1n) is 5.61. The third kappa shape index (κ3) is 2.81. The molecule has 0 amide bonds. The normalized spacial score (nSPS) is 21.9. The summed E-state index contributed by atoms with van der Waals surface area (Å²) in [7, 11) is -3.46. The van der Waals surface area contributed by atoms with Gasteiger partial charge < -0.3 is 0 Å². The Kier molecular flexibility index (Phi) is 3.69. The molecule has 0 spiro atoms. The molecule has 1 N–H and O–H groups in total. The van der Waals surface area contributed by atoms with E-state index in [0.717, 1.165) is 16.5 Å². The molecule has 1 aliphatic carbocycles. The van der Waals surface area contributed by atoms with Gasteiger partial charge in [-0.2, -0.15) is 0 Å². The summed E-state index contributed by atoms with van der Waals surface area (Å²) in [6.07, 6.45) is 0.886. The van der Waals surface area contributed by atoms with E-state index >= 15 is 0 Å². The van der Waals surface area contributed by atoms with Gasteiger partial charge in [-0.05, 0) is 52.4 Å². The van der Waals surface area contributed by atoms with Gasteiger partial charge >= 0.3 is 0 Å². The highest BCUT2D eigenvalue weighted by Crippen LogP contribution is 2.45. The lowest BCUT2D eigenvalue weighted by molar-refractivity contribution is 0.554. The molecule has 18 heavy (non-hydrogen) atoms. The molecular formula is C12H15Br2NO2S. The molecule has 0 bridgehead atoms. The van der Waals surface area contributed by atoms with Crippen molar-refractivity contribution in [3.63, 3.8) is 0 Å². The maximum Gasteiger partial charge on any atom is 0.242 e. The van der Waals surface area contributed by atoms with Gasteiger partial charge in [0.15, 0.2) is 0 Å². The topological polar surface area (TPSA) is 46.2 Å². The fraction of sp³-hybridized carbons (Fsp3) is 0.500. The standard InChI is InChI=1S/C12H15Br2NO2S/c1-7-4-9(14)10(5-8(7)13)18(16,17)15-11-6-12(11,2)3/h4-5,11,15H,6H2,1-3H3. The number of hydrogen-bond acceptors (Lipinski definition) is 2. The molecular weight excluding hydrogens is 382 g/mol. The molecule has 0 aliphatic heterocycles. The summed E-state index contributed by atoms with van der Waals surface area (Å²) >= 11 is 6.68. The zero-order chi connectivity index (χ0) is 13.7. The maximum absolute atomic E-state index is 12.3. The largest absolute Gasteiger partial charge is 0.242 e. The van der Waals surface area contributed by atoms with Crippen LogP contribution in [0.5, 0.6) is 0 Å². The second-order valence-electron chi connectivity index (χ2n) is 5.40. The Bertz CT molecular complexity index is 596. The second-order valence-corrected chi connectivity index (χ2v) is 8.79. The maximum atomic E-state index is 12.3. The fourth-order valence-corrected chi connectivity index (χ4v) is 4.84. The van der Waals surface area contributed by atoms with Gasteiger partial charge in [0, 0.05) is 15.0 Å².